The fourth-order valence-electron chi connectivity index (χ4n) is 3.92. The lowest BCUT2D eigenvalue weighted by Gasteiger charge is -2.38. The predicted octanol–water partition coefficient (Wildman–Crippen LogP) is 3.15. The highest BCUT2D eigenvalue weighted by Crippen LogP contribution is 2.50. The van der Waals surface area contributed by atoms with Crippen molar-refractivity contribution in [2.45, 2.75) is 12.8 Å². The molecule has 5 rings (SSSR count). The number of fused-ring (bicyclic) bond motifs is 1. The summed E-state index contributed by atoms with van der Waals surface area (Å²) >= 11 is 3.38. The highest BCUT2D eigenvalue weighted by Gasteiger charge is 2.56. The van der Waals surface area contributed by atoms with Gasteiger partial charge in [0.1, 0.15) is 0 Å². The van der Waals surface area contributed by atoms with E-state index in [1.54, 1.807) is 0 Å². The molecular weight excluding hydrogens is 318 g/mol. The largest absolute Gasteiger partial charge is 0.274 e. The standard InChI is InChI=1S/C16H14BrNO2/c17-11-5-7-12(8-6-11)18-15(19)13-9-1-2-10(4-3-9)14(13)16(18)20/h1-2,5-10,13-14H,3-4H2/t9-,10+,13-,14-/m0/s1. The van der Waals surface area contributed by atoms with E-state index in [0.29, 0.717) is 5.69 Å². The molecule has 1 heterocycles. The van der Waals surface area contributed by atoms with Crippen molar-refractivity contribution in [2.24, 2.45) is 23.7 Å². The van der Waals surface area contributed by atoms with Gasteiger partial charge in [0.2, 0.25) is 11.8 Å². The number of amides is 2. The molecule has 4 aliphatic rings. The lowest BCUT2D eigenvalue weighted by molar-refractivity contribution is -0.124. The number of benzene rings is 1. The number of carbonyl (C=O) groups is 2. The van der Waals surface area contributed by atoms with Crippen LogP contribution in [0.2, 0.25) is 0 Å². The lowest BCUT2D eigenvalue weighted by atomic mass is 9.63. The third kappa shape index (κ3) is 1.57. The number of hydrogen-bond donors (Lipinski definition) is 0. The van der Waals surface area contributed by atoms with E-state index in [0.717, 1.165) is 17.3 Å². The molecule has 0 aromatic heterocycles. The first-order valence-corrected chi connectivity index (χ1v) is 7.78. The number of halogens is 1. The van der Waals surface area contributed by atoms with Crippen molar-refractivity contribution in [3.63, 3.8) is 0 Å². The number of carbonyl (C=O) groups excluding carboxylic acids is 2. The molecule has 2 amide bonds. The Labute approximate surface area is 125 Å². The fraction of sp³-hybridized carbons (Fsp3) is 0.375. The second-order valence-corrected chi connectivity index (χ2v) is 6.75. The van der Waals surface area contributed by atoms with Gasteiger partial charge in [-0.1, -0.05) is 28.1 Å². The van der Waals surface area contributed by atoms with Gasteiger partial charge in [-0.05, 0) is 48.9 Å². The highest BCUT2D eigenvalue weighted by atomic mass is 79.9. The molecule has 4 atom stereocenters. The Kier molecular flexibility index (Phi) is 2.64. The van der Waals surface area contributed by atoms with Crippen LogP contribution in [0.3, 0.4) is 0 Å². The molecule has 1 aliphatic heterocycles. The normalized spacial score (nSPS) is 34.8. The molecule has 0 unspecified atom stereocenters. The van der Waals surface area contributed by atoms with E-state index >= 15 is 0 Å². The molecule has 2 bridgehead atoms. The van der Waals surface area contributed by atoms with Crippen LogP contribution in [-0.2, 0) is 9.59 Å². The van der Waals surface area contributed by atoms with Crippen LogP contribution < -0.4 is 4.90 Å². The molecule has 102 valence electrons. The Morgan fingerprint density at radius 3 is 1.85 bits per heavy atom. The van der Waals surface area contributed by atoms with Crippen molar-refractivity contribution in [1.82, 2.24) is 0 Å². The smallest absolute Gasteiger partial charge is 0.238 e. The number of hydrogen-bond acceptors (Lipinski definition) is 2. The third-order valence-electron chi connectivity index (χ3n) is 4.84. The third-order valence-corrected chi connectivity index (χ3v) is 5.37. The summed E-state index contributed by atoms with van der Waals surface area (Å²) in [6.07, 6.45) is 6.36. The summed E-state index contributed by atoms with van der Waals surface area (Å²) in [4.78, 5) is 26.8. The zero-order valence-electron chi connectivity index (χ0n) is 10.8. The molecule has 1 saturated carbocycles. The first-order chi connectivity index (χ1) is 9.66. The molecule has 0 radical (unpaired) electrons. The van der Waals surface area contributed by atoms with Crippen LogP contribution in [0.25, 0.3) is 0 Å². The number of imide groups is 1. The topological polar surface area (TPSA) is 37.4 Å². The van der Waals surface area contributed by atoms with Gasteiger partial charge in [0.25, 0.3) is 0 Å². The molecule has 1 aromatic rings. The second kappa shape index (κ2) is 4.29. The summed E-state index contributed by atoms with van der Waals surface area (Å²) in [7, 11) is 0. The van der Waals surface area contributed by atoms with Crippen LogP contribution in [-0.4, -0.2) is 11.8 Å². The van der Waals surface area contributed by atoms with E-state index in [9.17, 15) is 9.59 Å². The van der Waals surface area contributed by atoms with E-state index in [4.69, 9.17) is 0 Å². The number of allylic oxidation sites excluding steroid dienone is 2. The quantitative estimate of drug-likeness (QED) is 0.585. The highest BCUT2D eigenvalue weighted by molar-refractivity contribution is 9.10. The summed E-state index contributed by atoms with van der Waals surface area (Å²) < 4.78 is 0.944. The Balaban J connectivity index is 1.75. The Morgan fingerprint density at radius 2 is 1.40 bits per heavy atom. The number of rotatable bonds is 1. The average molecular weight is 332 g/mol. The monoisotopic (exact) mass is 331 g/mol. The van der Waals surface area contributed by atoms with Gasteiger partial charge in [-0.3, -0.25) is 14.5 Å². The summed E-state index contributed by atoms with van der Waals surface area (Å²) in [5, 5.41) is 0. The van der Waals surface area contributed by atoms with E-state index in [1.807, 2.05) is 24.3 Å². The SMILES string of the molecule is O=C1[C@@H]2[C@@H](C(=O)N1c1ccc(Br)cc1)[C@H]1C=C[C@@H]2CC1. The van der Waals surface area contributed by atoms with E-state index < -0.39 is 0 Å². The molecule has 4 heteroatoms. The van der Waals surface area contributed by atoms with Crippen LogP contribution in [0.5, 0.6) is 0 Å². The molecule has 3 nitrogen and oxygen atoms in total. The van der Waals surface area contributed by atoms with Crippen molar-refractivity contribution >= 4 is 33.4 Å². The number of anilines is 1. The molecule has 1 saturated heterocycles. The van der Waals surface area contributed by atoms with Crippen molar-refractivity contribution in [3.8, 4) is 0 Å². The van der Waals surface area contributed by atoms with Crippen molar-refractivity contribution in [1.29, 1.82) is 0 Å². The zero-order valence-corrected chi connectivity index (χ0v) is 12.4. The van der Waals surface area contributed by atoms with Crippen molar-refractivity contribution in [2.75, 3.05) is 4.90 Å². The summed E-state index contributed by atoms with van der Waals surface area (Å²) in [6, 6.07) is 7.38. The Bertz CT molecular complexity index is 590. The van der Waals surface area contributed by atoms with Crippen LogP contribution in [0, 0.1) is 23.7 Å². The first kappa shape index (κ1) is 12.3. The van der Waals surface area contributed by atoms with Gasteiger partial charge in [0.05, 0.1) is 17.5 Å². The molecule has 0 spiro atoms. The maximum absolute atomic E-state index is 12.7. The van der Waals surface area contributed by atoms with Crippen LogP contribution in [0.1, 0.15) is 12.8 Å². The lowest BCUT2D eigenvalue weighted by Crippen LogP contribution is -2.38. The molecular formula is C16H14BrNO2. The van der Waals surface area contributed by atoms with Gasteiger partial charge in [-0.15, -0.1) is 0 Å². The Morgan fingerprint density at radius 1 is 0.900 bits per heavy atom. The molecule has 2 fully saturated rings. The summed E-state index contributed by atoms with van der Waals surface area (Å²) in [5.41, 5.74) is 0.692. The Hall–Kier alpha value is -1.42. The van der Waals surface area contributed by atoms with E-state index in [1.165, 1.54) is 4.90 Å². The molecule has 20 heavy (non-hydrogen) atoms. The van der Waals surface area contributed by atoms with Crippen molar-refractivity contribution < 1.29 is 9.59 Å². The minimum atomic E-state index is -0.130. The van der Waals surface area contributed by atoms with Gasteiger partial charge in [-0.25, -0.2) is 0 Å². The molecule has 0 N–H and O–H groups in total. The molecule has 1 aromatic carbocycles. The minimum Gasteiger partial charge on any atom is -0.274 e. The fourth-order valence-corrected chi connectivity index (χ4v) is 4.18. The maximum atomic E-state index is 12.7. The van der Waals surface area contributed by atoms with E-state index in [-0.39, 0.29) is 35.5 Å². The van der Waals surface area contributed by atoms with Gasteiger partial charge >= 0.3 is 0 Å². The first-order valence-electron chi connectivity index (χ1n) is 6.98. The predicted molar refractivity (Wildman–Crippen MR) is 79.0 cm³/mol. The van der Waals surface area contributed by atoms with E-state index in [2.05, 4.69) is 28.1 Å². The average Bonchev–Trinajstić information content (AvgIpc) is 2.76. The summed E-state index contributed by atoms with van der Waals surface area (Å²) in [6.45, 7) is 0. The van der Waals surface area contributed by atoms with Crippen molar-refractivity contribution in [3.05, 3.63) is 40.9 Å². The second-order valence-electron chi connectivity index (χ2n) is 5.83. The zero-order chi connectivity index (χ0) is 13.9. The molecule has 3 aliphatic carbocycles. The minimum absolute atomic E-state index is 0.0126. The van der Waals surface area contributed by atoms with Gasteiger partial charge < -0.3 is 0 Å². The van der Waals surface area contributed by atoms with Crippen LogP contribution in [0.4, 0.5) is 5.69 Å². The van der Waals surface area contributed by atoms with Gasteiger partial charge in [-0.2, -0.15) is 0 Å². The van der Waals surface area contributed by atoms with Crippen LogP contribution >= 0.6 is 15.9 Å². The maximum Gasteiger partial charge on any atom is 0.238 e. The number of nitrogens with zero attached hydrogens (tertiary/aromatic N) is 1. The van der Waals surface area contributed by atoms with Crippen LogP contribution in [0.15, 0.2) is 40.9 Å². The van der Waals surface area contributed by atoms with Gasteiger partial charge in [0, 0.05) is 4.47 Å². The van der Waals surface area contributed by atoms with Gasteiger partial charge in [0.15, 0.2) is 0 Å². The summed E-state index contributed by atoms with van der Waals surface area (Å²) in [5.74, 6) is 0.219.